The summed E-state index contributed by atoms with van der Waals surface area (Å²) < 4.78 is 0. The predicted octanol–water partition coefficient (Wildman–Crippen LogP) is 10.3. The normalized spacial score (nSPS) is 11.2. The Labute approximate surface area is 231 Å². The Hall–Kier alpha value is -3.78. The lowest BCUT2D eigenvalue weighted by molar-refractivity contribution is 0.512. The average Bonchev–Trinajstić information content (AvgIpc) is 3.36. The maximum Gasteiger partial charge on any atom is 0.261 e. The topological polar surface area (TPSA) is 38.7 Å². The van der Waals surface area contributed by atoms with Crippen LogP contribution in [0.2, 0.25) is 0 Å². The molecule has 3 N–H and O–H groups in total. The molecule has 0 atom stereocenters. The molecule has 1 aromatic heterocycles. The number of hydrogen-bond donors (Lipinski definition) is 1. The monoisotopic (exact) mass is 510 g/mol. The van der Waals surface area contributed by atoms with Gasteiger partial charge in [0.25, 0.3) is 5.76 Å². The van der Waals surface area contributed by atoms with Crippen molar-refractivity contribution in [2.75, 3.05) is 0 Å². The van der Waals surface area contributed by atoms with Gasteiger partial charge in [0.05, 0.1) is 5.56 Å². The van der Waals surface area contributed by atoms with Crippen LogP contribution in [0.3, 0.4) is 0 Å². The fourth-order valence-corrected chi connectivity index (χ4v) is 3.81. The number of aromatic nitrogens is 1. The Kier molecular flexibility index (Phi) is 14.3. The van der Waals surface area contributed by atoms with Crippen LogP contribution in [0.1, 0.15) is 80.5 Å². The van der Waals surface area contributed by atoms with Crippen molar-refractivity contribution in [3.8, 4) is 0 Å². The van der Waals surface area contributed by atoms with Crippen LogP contribution in [0.4, 0.5) is 0 Å². The van der Waals surface area contributed by atoms with Crippen molar-refractivity contribution in [2.45, 2.75) is 69.2 Å². The summed E-state index contributed by atoms with van der Waals surface area (Å²) in [5, 5.41) is 9.67. The van der Waals surface area contributed by atoms with Crippen LogP contribution in [0.5, 0.6) is 0 Å². The third kappa shape index (κ3) is 8.95. The molecule has 0 aliphatic heterocycles. The minimum atomic E-state index is 0.550. The smallest absolute Gasteiger partial charge is 0.261 e. The molecule has 4 rings (SSSR count). The summed E-state index contributed by atoms with van der Waals surface area (Å²) in [6.45, 7) is 20.5. The number of H-pyrrole nitrogens is 1. The van der Waals surface area contributed by atoms with Gasteiger partial charge in [-0.15, -0.1) is 0 Å². The van der Waals surface area contributed by atoms with E-state index in [1.807, 2.05) is 65.9 Å². The molecule has 0 aliphatic rings. The van der Waals surface area contributed by atoms with E-state index in [4.69, 9.17) is 5.11 Å². The summed E-state index contributed by atoms with van der Waals surface area (Å²) in [6, 6.07) is 21.0. The van der Waals surface area contributed by atoms with Gasteiger partial charge in [-0.1, -0.05) is 88.4 Å². The highest BCUT2D eigenvalue weighted by Gasteiger charge is 2.08. The Morgan fingerprint density at radius 3 is 1.82 bits per heavy atom. The zero-order valence-corrected chi connectivity index (χ0v) is 25.2. The zero-order chi connectivity index (χ0) is 28.7. The van der Waals surface area contributed by atoms with Crippen molar-refractivity contribution in [3.05, 3.63) is 124 Å². The fourth-order valence-electron chi connectivity index (χ4n) is 3.81. The fraction of sp³-hybridized carbons (Fsp3) is 0.278. The molecule has 0 saturated carbocycles. The number of fused-ring (bicyclic) bond motifs is 1. The Morgan fingerprint density at radius 1 is 0.711 bits per heavy atom. The lowest BCUT2D eigenvalue weighted by atomic mass is 9.98. The van der Waals surface area contributed by atoms with Gasteiger partial charge >= 0.3 is 0 Å². The van der Waals surface area contributed by atoms with E-state index in [-0.39, 0.29) is 0 Å². The van der Waals surface area contributed by atoms with Gasteiger partial charge in [0.1, 0.15) is 0 Å². The summed E-state index contributed by atoms with van der Waals surface area (Å²) in [5.74, 6) is 0.550. The molecule has 0 bridgehead atoms. The lowest BCUT2D eigenvalue weighted by Gasteiger charge is -2.07. The molecule has 38 heavy (non-hydrogen) atoms. The van der Waals surface area contributed by atoms with Crippen molar-refractivity contribution in [3.63, 3.8) is 0 Å². The Balaban J connectivity index is 0.000000379. The number of para-hydroxylation sites is 1. The van der Waals surface area contributed by atoms with Gasteiger partial charge in [-0.25, -0.2) is 0 Å². The minimum Gasteiger partial charge on any atom is -0.593 e. The molecular formula is C36H48NO+. The Bertz CT molecular complexity index is 1370. The van der Waals surface area contributed by atoms with Gasteiger partial charge in [-0.2, -0.15) is 0 Å². The van der Waals surface area contributed by atoms with E-state index in [1.165, 1.54) is 44.3 Å². The van der Waals surface area contributed by atoms with Crippen molar-refractivity contribution in [1.82, 2.24) is 4.98 Å². The van der Waals surface area contributed by atoms with Crippen LogP contribution >= 0.6 is 0 Å². The van der Waals surface area contributed by atoms with Gasteiger partial charge in [0.15, 0.2) is 0 Å². The minimum absolute atomic E-state index is 0.550. The molecule has 202 valence electrons. The van der Waals surface area contributed by atoms with Crippen LogP contribution in [0.25, 0.3) is 28.3 Å². The number of benzene rings is 3. The quantitative estimate of drug-likeness (QED) is 0.161. The van der Waals surface area contributed by atoms with Gasteiger partial charge in [-0.3, -0.25) is 0 Å². The summed E-state index contributed by atoms with van der Waals surface area (Å²) in [4.78, 5) is 3.22. The molecular weight excluding hydrogens is 462 g/mol. The molecule has 0 aliphatic carbocycles. The first-order chi connectivity index (χ1) is 18.3. The van der Waals surface area contributed by atoms with Gasteiger partial charge < -0.3 is 10.1 Å². The summed E-state index contributed by atoms with van der Waals surface area (Å²) >= 11 is 0. The molecule has 0 saturated heterocycles. The first-order valence-corrected chi connectivity index (χ1v) is 13.8. The number of aromatic amines is 1. The van der Waals surface area contributed by atoms with E-state index < -0.39 is 0 Å². The molecule has 0 radical (unpaired) electrons. The van der Waals surface area contributed by atoms with E-state index >= 15 is 0 Å². The largest absolute Gasteiger partial charge is 0.593 e. The van der Waals surface area contributed by atoms with Crippen LogP contribution in [-0.2, 0) is 0 Å². The average molecular weight is 511 g/mol. The van der Waals surface area contributed by atoms with Crippen molar-refractivity contribution >= 4 is 28.3 Å². The molecule has 2 nitrogen and oxygen atoms in total. The second-order valence-corrected chi connectivity index (χ2v) is 8.69. The SMILES string of the molecule is C/C=C(\C=C(/[OH2+])c1ccc(C)c(C)c1)c1ccc(C)c(C)c1.C/C=C/c1c[nH]c2ccccc12.CC.CC. The van der Waals surface area contributed by atoms with E-state index in [9.17, 15) is 0 Å². The molecule has 4 aromatic rings. The van der Waals surface area contributed by atoms with Crippen molar-refractivity contribution in [2.24, 2.45) is 0 Å². The third-order valence-electron chi connectivity index (χ3n) is 6.24. The highest BCUT2D eigenvalue weighted by atomic mass is 16.3. The predicted molar refractivity (Wildman–Crippen MR) is 173 cm³/mol. The number of rotatable bonds is 4. The van der Waals surface area contributed by atoms with Gasteiger partial charge in [-0.05, 0) is 98.7 Å². The van der Waals surface area contributed by atoms with Crippen LogP contribution in [0.15, 0.2) is 85.1 Å². The highest BCUT2D eigenvalue weighted by molar-refractivity contribution is 5.88. The maximum absolute atomic E-state index is 8.38. The van der Waals surface area contributed by atoms with Crippen LogP contribution in [-0.4, -0.2) is 10.1 Å². The molecule has 0 unspecified atom stereocenters. The number of nitrogens with one attached hydrogen (secondary N) is 1. The van der Waals surface area contributed by atoms with Gasteiger partial charge in [0.2, 0.25) is 0 Å². The molecule has 2 heteroatoms. The molecule has 0 fully saturated rings. The van der Waals surface area contributed by atoms with Crippen molar-refractivity contribution in [1.29, 1.82) is 0 Å². The Morgan fingerprint density at radius 2 is 1.26 bits per heavy atom. The van der Waals surface area contributed by atoms with E-state index in [0.717, 1.165) is 11.1 Å². The third-order valence-corrected chi connectivity index (χ3v) is 6.24. The highest BCUT2D eigenvalue weighted by Crippen LogP contribution is 2.24. The molecule has 3 aromatic carbocycles. The zero-order valence-electron chi connectivity index (χ0n) is 25.2. The lowest BCUT2D eigenvalue weighted by Crippen LogP contribution is -1.90. The second-order valence-electron chi connectivity index (χ2n) is 8.69. The second kappa shape index (κ2) is 16.9. The molecule has 0 amide bonds. The number of aryl methyl sites for hydroxylation is 4. The summed E-state index contributed by atoms with van der Waals surface area (Å²) in [7, 11) is 0. The van der Waals surface area contributed by atoms with Crippen molar-refractivity contribution < 1.29 is 5.11 Å². The first-order valence-electron chi connectivity index (χ1n) is 13.8. The van der Waals surface area contributed by atoms with E-state index in [2.05, 4.69) is 99.4 Å². The molecule has 1 heterocycles. The van der Waals surface area contributed by atoms with Gasteiger partial charge in [0, 0.05) is 23.2 Å². The number of hydrogen-bond acceptors (Lipinski definition) is 0. The van der Waals surface area contributed by atoms with E-state index in [1.54, 1.807) is 0 Å². The maximum atomic E-state index is 8.38. The first kappa shape index (κ1) is 32.2. The number of allylic oxidation sites excluding steroid dienone is 4. The van der Waals surface area contributed by atoms with Crippen LogP contribution in [0, 0.1) is 27.7 Å². The summed E-state index contributed by atoms with van der Waals surface area (Å²) in [5.41, 5.74) is 10.7. The standard InChI is InChI=1S/C21H24O.C11H11N.2C2H6/c1-6-18(19-9-7-14(2)16(4)11-19)13-21(22)20-10-8-15(3)17(5)12-20;1-2-5-9-8-12-11-7-4-3-6-10(9)11;2*1-2/h6-13,22H,1-5H3;2-8,12H,1H3;2*1-2H3/p+1/b18-6+,21-13-;5-2+;;. The molecule has 0 spiro atoms. The van der Waals surface area contributed by atoms with Crippen LogP contribution < -0.4 is 0 Å². The van der Waals surface area contributed by atoms with E-state index in [0.29, 0.717) is 5.76 Å². The summed E-state index contributed by atoms with van der Waals surface area (Å²) in [6.07, 6.45) is 10.2.